The number of amides is 1. The Morgan fingerprint density at radius 3 is 2.48 bits per heavy atom. The minimum Gasteiger partial charge on any atom is -0.465 e. The molecule has 0 aliphatic heterocycles. The predicted octanol–water partition coefficient (Wildman–Crippen LogP) is 4.25. The largest absolute Gasteiger partial charge is 0.465 e. The highest BCUT2D eigenvalue weighted by molar-refractivity contribution is 6.31. The summed E-state index contributed by atoms with van der Waals surface area (Å²) in [6.45, 7) is 5.75. The fourth-order valence-electron chi connectivity index (χ4n) is 4.03. The summed E-state index contributed by atoms with van der Waals surface area (Å²) in [4.78, 5) is 28.5. The number of carbonyl (C=O) groups is 1. The summed E-state index contributed by atoms with van der Waals surface area (Å²) in [6.07, 6.45) is 2.18. The summed E-state index contributed by atoms with van der Waals surface area (Å²) in [7, 11) is 0. The Bertz CT molecular complexity index is 841. The standard InChI is InChI=1S/C18H24ClN3O3/c1-18(2,3)22(17(24)25)13-7-5-12(6-8-13)21-15-9-4-11(19)10-14(15)20-16(21)23/h4,9-10,12-13H,5-8H2,1-3H3,(H,20,23)(H,24,25)/t12-,13-. The number of fused-ring (bicyclic) bond motifs is 1. The van der Waals surface area contributed by atoms with Crippen LogP contribution in [0.1, 0.15) is 52.5 Å². The van der Waals surface area contributed by atoms with Gasteiger partial charge in [-0.1, -0.05) is 11.6 Å². The lowest BCUT2D eigenvalue weighted by molar-refractivity contribution is 0.0512. The maximum Gasteiger partial charge on any atom is 0.407 e. The van der Waals surface area contributed by atoms with E-state index in [0.29, 0.717) is 5.02 Å². The molecule has 1 aliphatic carbocycles. The van der Waals surface area contributed by atoms with Crippen LogP contribution in [-0.2, 0) is 0 Å². The molecule has 0 spiro atoms. The van der Waals surface area contributed by atoms with Crippen LogP contribution in [0.2, 0.25) is 5.02 Å². The van der Waals surface area contributed by atoms with Crippen molar-refractivity contribution in [1.82, 2.24) is 14.5 Å². The Labute approximate surface area is 151 Å². The van der Waals surface area contributed by atoms with Crippen LogP contribution in [-0.4, -0.2) is 37.2 Å². The van der Waals surface area contributed by atoms with Gasteiger partial charge in [0, 0.05) is 22.6 Å². The Morgan fingerprint density at radius 2 is 1.92 bits per heavy atom. The van der Waals surface area contributed by atoms with Crippen molar-refractivity contribution in [2.45, 2.75) is 64.1 Å². The van der Waals surface area contributed by atoms with Gasteiger partial charge in [0.25, 0.3) is 0 Å². The first kappa shape index (κ1) is 17.9. The number of aromatic nitrogens is 2. The fraction of sp³-hybridized carbons (Fsp3) is 0.556. The molecule has 1 aromatic heterocycles. The van der Waals surface area contributed by atoms with Gasteiger partial charge < -0.3 is 15.0 Å². The van der Waals surface area contributed by atoms with Gasteiger partial charge in [0.1, 0.15) is 0 Å². The van der Waals surface area contributed by atoms with E-state index in [1.54, 1.807) is 21.6 Å². The quantitative estimate of drug-likeness (QED) is 0.835. The minimum atomic E-state index is -0.880. The molecule has 0 unspecified atom stereocenters. The van der Waals surface area contributed by atoms with E-state index in [4.69, 9.17) is 11.6 Å². The van der Waals surface area contributed by atoms with E-state index in [1.165, 1.54) is 0 Å². The summed E-state index contributed by atoms with van der Waals surface area (Å²) < 4.78 is 1.80. The summed E-state index contributed by atoms with van der Waals surface area (Å²) in [5.74, 6) is 0. The number of rotatable bonds is 2. The normalized spacial score (nSPS) is 21.4. The highest BCUT2D eigenvalue weighted by Gasteiger charge is 2.36. The lowest BCUT2D eigenvalue weighted by Crippen LogP contribution is -2.52. The molecule has 2 aromatic rings. The first-order chi connectivity index (χ1) is 11.7. The molecule has 2 N–H and O–H groups in total. The SMILES string of the molecule is CC(C)(C)N(C(=O)O)[C@H]1CC[C@H](n2c(=O)[nH]c3cc(Cl)ccc32)CC1. The zero-order valence-electron chi connectivity index (χ0n) is 14.8. The number of nitrogens with one attached hydrogen (secondary N) is 1. The number of benzene rings is 1. The first-order valence-electron chi connectivity index (χ1n) is 8.60. The Kier molecular flexibility index (Phi) is 4.58. The van der Waals surface area contributed by atoms with E-state index in [-0.39, 0.29) is 17.8 Å². The van der Waals surface area contributed by atoms with Gasteiger partial charge in [-0.05, 0) is 64.7 Å². The smallest absolute Gasteiger partial charge is 0.407 e. The van der Waals surface area contributed by atoms with Gasteiger partial charge >= 0.3 is 11.8 Å². The average molecular weight is 366 g/mol. The fourth-order valence-corrected chi connectivity index (χ4v) is 4.20. The van der Waals surface area contributed by atoms with Crippen molar-refractivity contribution < 1.29 is 9.90 Å². The van der Waals surface area contributed by atoms with Crippen LogP contribution < -0.4 is 5.69 Å². The molecule has 7 heteroatoms. The maximum atomic E-state index is 12.4. The van der Waals surface area contributed by atoms with E-state index in [2.05, 4.69) is 4.98 Å². The van der Waals surface area contributed by atoms with Crippen LogP contribution in [0.3, 0.4) is 0 Å². The second-order valence-electron chi connectivity index (χ2n) is 7.75. The first-order valence-corrected chi connectivity index (χ1v) is 8.98. The van der Waals surface area contributed by atoms with Crippen molar-refractivity contribution >= 4 is 28.7 Å². The number of imidazole rings is 1. The summed E-state index contributed by atoms with van der Waals surface area (Å²) in [5, 5.41) is 10.2. The third kappa shape index (κ3) is 3.40. The number of hydrogen-bond donors (Lipinski definition) is 2. The number of halogens is 1. The highest BCUT2D eigenvalue weighted by atomic mass is 35.5. The van der Waals surface area contributed by atoms with Crippen molar-refractivity contribution in [3.05, 3.63) is 33.7 Å². The number of aromatic amines is 1. The maximum absolute atomic E-state index is 12.4. The Morgan fingerprint density at radius 1 is 1.28 bits per heavy atom. The molecule has 1 aliphatic rings. The summed E-state index contributed by atoms with van der Waals surface area (Å²) in [5.41, 5.74) is 1.02. The molecular weight excluding hydrogens is 342 g/mol. The van der Waals surface area contributed by atoms with Gasteiger partial charge in [-0.2, -0.15) is 0 Å². The van der Waals surface area contributed by atoms with Gasteiger partial charge in [-0.15, -0.1) is 0 Å². The van der Waals surface area contributed by atoms with Crippen molar-refractivity contribution in [3.63, 3.8) is 0 Å². The molecule has 1 fully saturated rings. The molecule has 0 bridgehead atoms. The van der Waals surface area contributed by atoms with Crippen LogP contribution in [0, 0.1) is 0 Å². The van der Waals surface area contributed by atoms with E-state index in [1.807, 2.05) is 26.8 Å². The molecule has 0 saturated heterocycles. The Hall–Kier alpha value is -1.95. The molecule has 1 saturated carbocycles. The number of H-pyrrole nitrogens is 1. The molecule has 0 atom stereocenters. The monoisotopic (exact) mass is 365 g/mol. The topological polar surface area (TPSA) is 78.3 Å². The second kappa shape index (κ2) is 6.41. The van der Waals surface area contributed by atoms with E-state index in [9.17, 15) is 14.7 Å². The average Bonchev–Trinajstić information content (AvgIpc) is 2.81. The van der Waals surface area contributed by atoms with Crippen LogP contribution in [0.4, 0.5) is 4.79 Å². The number of nitrogens with zero attached hydrogens (tertiary/aromatic N) is 2. The number of hydrogen-bond acceptors (Lipinski definition) is 2. The molecule has 0 radical (unpaired) electrons. The van der Waals surface area contributed by atoms with Crippen molar-refractivity contribution in [2.24, 2.45) is 0 Å². The predicted molar refractivity (Wildman–Crippen MR) is 98.5 cm³/mol. The van der Waals surface area contributed by atoms with Crippen LogP contribution >= 0.6 is 11.6 Å². The second-order valence-corrected chi connectivity index (χ2v) is 8.18. The highest BCUT2D eigenvalue weighted by Crippen LogP contribution is 2.34. The zero-order valence-corrected chi connectivity index (χ0v) is 15.5. The third-order valence-electron chi connectivity index (χ3n) is 5.00. The molecule has 3 rings (SSSR count). The minimum absolute atomic E-state index is 0.0101. The van der Waals surface area contributed by atoms with Crippen molar-refractivity contribution in [1.29, 1.82) is 0 Å². The van der Waals surface area contributed by atoms with Crippen LogP contribution in [0.5, 0.6) is 0 Å². The van der Waals surface area contributed by atoms with Crippen LogP contribution in [0.15, 0.2) is 23.0 Å². The van der Waals surface area contributed by atoms with Crippen molar-refractivity contribution in [3.8, 4) is 0 Å². The van der Waals surface area contributed by atoms with Crippen LogP contribution in [0.25, 0.3) is 11.0 Å². The Balaban J connectivity index is 1.82. The van der Waals surface area contributed by atoms with Gasteiger partial charge in [0.2, 0.25) is 0 Å². The summed E-state index contributed by atoms with van der Waals surface area (Å²) in [6, 6.07) is 5.47. The molecule has 6 nitrogen and oxygen atoms in total. The van der Waals surface area contributed by atoms with E-state index >= 15 is 0 Å². The molecule has 1 aromatic carbocycles. The molecule has 136 valence electrons. The molecule has 1 amide bonds. The van der Waals surface area contributed by atoms with E-state index in [0.717, 1.165) is 36.7 Å². The zero-order chi connectivity index (χ0) is 18.4. The molecular formula is C18H24ClN3O3. The van der Waals surface area contributed by atoms with Crippen molar-refractivity contribution in [2.75, 3.05) is 0 Å². The van der Waals surface area contributed by atoms with Gasteiger partial charge in [-0.3, -0.25) is 4.57 Å². The van der Waals surface area contributed by atoms with Gasteiger partial charge in [0.05, 0.1) is 11.0 Å². The number of carboxylic acid groups (broad SMARTS) is 1. The van der Waals surface area contributed by atoms with Gasteiger partial charge in [0.15, 0.2) is 0 Å². The third-order valence-corrected chi connectivity index (χ3v) is 5.24. The molecule has 25 heavy (non-hydrogen) atoms. The lowest BCUT2D eigenvalue weighted by Gasteiger charge is -2.42. The van der Waals surface area contributed by atoms with E-state index < -0.39 is 11.6 Å². The molecule has 1 heterocycles. The lowest BCUT2D eigenvalue weighted by atomic mass is 9.88. The summed E-state index contributed by atoms with van der Waals surface area (Å²) >= 11 is 6.00. The van der Waals surface area contributed by atoms with Gasteiger partial charge in [-0.25, -0.2) is 9.59 Å².